The van der Waals surface area contributed by atoms with Crippen molar-refractivity contribution < 1.29 is 19.1 Å². The highest BCUT2D eigenvalue weighted by molar-refractivity contribution is 6.01. The first-order valence-corrected chi connectivity index (χ1v) is 10.6. The minimum absolute atomic E-state index is 0.299. The van der Waals surface area contributed by atoms with Crippen LogP contribution < -0.4 is 15.0 Å². The largest absolute Gasteiger partial charge is 0.478 e. The maximum absolute atomic E-state index is 13.1. The van der Waals surface area contributed by atoms with Crippen molar-refractivity contribution in [3.63, 3.8) is 0 Å². The van der Waals surface area contributed by atoms with Crippen molar-refractivity contribution in [3.05, 3.63) is 54.1 Å². The molecule has 1 amide bonds. The number of carbonyl (C=O) groups excluding carboxylic acids is 2. The molecule has 0 aromatic heterocycles. The molecule has 1 aliphatic rings. The van der Waals surface area contributed by atoms with Crippen molar-refractivity contribution in [2.75, 3.05) is 50.1 Å². The lowest BCUT2D eigenvalue weighted by molar-refractivity contribution is -0.128. The van der Waals surface area contributed by atoms with Gasteiger partial charge in [-0.15, -0.1) is 0 Å². The molecule has 1 aliphatic heterocycles. The number of hydrogen-bond donors (Lipinski definition) is 1. The Morgan fingerprint density at radius 1 is 1.03 bits per heavy atom. The smallest absolute Gasteiger partial charge is 0.337 e. The van der Waals surface area contributed by atoms with Crippen LogP contribution >= 0.6 is 0 Å². The van der Waals surface area contributed by atoms with E-state index in [1.807, 2.05) is 36.4 Å². The van der Waals surface area contributed by atoms with Crippen LogP contribution in [0.1, 0.15) is 31.1 Å². The van der Waals surface area contributed by atoms with Gasteiger partial charge in [-0.3, -0.25) is 4.79 Å². The van der Waals surface area contributed by atoms with Gasteiger partial charge in [0.15, 0.2) is 5.60 Å². The van der Waals surface area contributed by atoms with E-state index in [4.69, 9.17) is 9.47 Å². The fourth-order valence-corrected chi connectivity index (χ4v) is 3.56. The first-order valence-electron chi connectivity index (χ1n) is 10.6. The Kier molecular flexibility index (Phi) is 7.17. The monoisotopic (exact) mass is 425 g/mol. The second kappa shape index (κ2) is 9.83. The first-order chi connectivity index (χ1) is 14.8. The van der Waals surface area contributed by atoms with Crippen LogP contribution in [0.15, 0.2) is 48.5 Å². The molecule has 31 heavy (non-hydrogen) atoms. The average Bonchev–Trinajstić information content (AvgIpc) is 2.79. The van der Waals surface area contributed by atoms with Crippen LogP contribution in [-0.4, -0.2) is 62.2 Å². The van der Waals surface area contributed by atoms with Crippen LogP contribution in [0.2, 0.25) is 0 Å². The minimum Gasteiger partial charge on any atom is -0.478 e. The van der Waals surface area contributed by atoms with Crippen LogP contribution in [0.25, 0.3) is 0 Å². The molecule has 166 valence electrons. The Morgan fingerprint density at radius 2 is 1.71 bits per heavy atom. The molecule has 0 spiro atoms. The molecule has 0 atom stereocenters. The van der Waals surface area contributed by atoms with Crippen LogP contribution in [0.3, 0.4) is 0 Å². The Labute approximate surface area is 183 Å². The number of hydrogen-bond acceptors (Lipinski definition) is 6. The molecule has 0 radical (unpaired) electrons. The normalized spacial score (nSPS) is 14.8. The van der Waals surface area contributed by atoms with Crippen molar-refractivity contribution in [1.29, 1.82) is 0 Å². The summed E-state index contributed by atoms with van der Waals surface area (Å²) in [5.41, 5.74) is 0.728. The summed E-state index contributed by atoms with van der Waals surface area (Å²) >= 11 is 0. The molecule has 2 aromatic rings. The number of carbonyl (C=O) groups is 2. The van der Waals surface area contributed by atoms with E-state index in [1.165, 1.54) is 7.11 Å². The Morgan fingerprint density at radius 3 is 2.32 bits per heavy atom. The third kappa shape index (κ3) is 5.55. The lowest BCUT2D eigenvalue weighted by Crippen LogP contribution is -2.47. The number of nitrogens with one attached hydrogen (secondary N) is 1. The highest BCUT2D eigenvalue weighted by Crippen LogP contribution is 2.30. The maximum atomic E-state index is 13.1. The van der Waals surface area contributed by atoms with E-state index in [1.54, 1.807) is 26.0 Å². The number of rotatable bonds is 7. The van der Waals surface area contributed by atoms with Gasteiger partial charge in [-0.25, -0.2) is 4.79 Å². The maximum Gasteiger partial charge on any atom is 0.337 e. The van der Waals surface area contributed by atoms with Crippen molar-refractivity contribution >= 4 is 23.3 Å². The summed E-state index contributed by atoms with van der Waals surface area (Å²) < 4.78 is 10.8. The van der Waals surface area contributed by atoms with Gasteiger partial charge in [0, 0.05) is 26.2 Å². The molecule has 7 heteroatoms. The van der Waals surface area contributed by atoms with Gasteiger partial charge >= 0.3 is 5.97 Å². The van der Waals surface area contributed by atoms with E-state index in [2.05, 4.69) is 22.0 Å². The fourth-order valence-electron chi connectivity index (χ4n) is 3.56. The summed E-state index contributed by atoms with van der Waals surface area (Å²) in [7, 11) is 1.34. The first kappa shape index (κ1) is 22.6. The van der Waals surface area contributed by atoms with Gasteiger partial charge in [0.2, 0.25) is 0 Å². The van der Waals surface area contributed by atoms with Gasteiger partial charge < -0.3 is 24.6 Å². The zero-order chi connectivity index (χ0) is 22.4. The van der Waals surface area contributed by atoms with E-state index in [0.29, 0.717) is 17.0 Å². The molecule has 1 N–H and O–H groups in total. The highest BCUT2D eigenvalue weighted by atomic mass is 16.5. The highest BCUT2D eigenvalue weighted by Gasteiger charge is 2.31. The molecule has 3 rings (SSSR count). The number of amides is 1. The Balaban J connectivity index is 1.84. The number of nitrogens with zero attached hydrogens (tertiary/aromatic N) is 2. The number of piperazine rings is 1. The summed E-state index contributed by atoms with van der Waals surface area (Å²) in [6.45, 7) is 10.2. The zero-order valence-electron chi connectivity index (χ0n) is 18.7. The lowest BCUT2D eigenvalue weighted by Gasteiger charge is -2.36. The quantitative estimate of drug-likeness (QED) is 0.686. The Bertz CT molecular complexity index is 906. The summed E-state index contributed by atoms with van der Waals surface area (Å²) in [6, 6.07) is 14.5. The van der Waals surface area contributed by atoms with Crippen molar-refractivity contribution in [1.82, 2.24) is 4.90 Å². The van der Waals surface area contributed by atoms with E-state index < -0.39 is 11.6 Å². The van der Waals surface area contributed by atoms with Gasteiger partial charge in [-0.2, -0.15) is 0 Å². The van der Waals surface area contributed by atoms with Crippen molar-refractivity contribution in [2.24, 2.45) is 0 Å². The summed E-state index contributed by atoms with van der Waals surface area (Å²) in [4.78, 5) is 29.8. The number of methoxy groups -OCH3 is 1. The number of benzene rings is 2. The van der Waals surface area contributed by atoms with E-state index >= 15 is 0 Å². The topological polar surface area (TPSA) is 71.1 Å². The van der Waals surface area contributed by atoms with Crippen LogP contribution in [0.4, 0.5) is 11.4 Å². The predicted octanol–water partition coefficient (Wildman–Crippen LogP) is 3.41. The average molecular weight is 426 g/mol. The number of likely N-dealkylation sites (N-methyl/N-ethyl adjacent to an activating group) is 1. The van der Waals surface area contributed by atoms with E-state index in [9.17, 15) is 9.59 Å². The summed E-state index contributed by atoms with van der Waals surface area (Å²) in [5, 5.41) is 2.99. The third-order valence-electron chi connectivity index (χ3n) is 5.49. The SMILES string of the molecule is CCN1CCN(c2ccc(C(=O)OC)cc2NC(=O)C(C)(C)Oc2ccccc2)CC1. The van der Waals surface area contributed by atoms with Crippen LogP contribution in [0, 0.1) is 0 Å². The van der Waals surface area contributed by atoms with Gasteiger partial charge in [-0.05, 0) is 50.7 Å². The van der Waals surface area contributed by atoms with Crippen molar-refractivity contribution in [3.8, 4) is 5.75 Å². The third-order valence-corrected chi connectivity index (χ3v) is 5.49. The molecule has 1 fully saturated rings. The molecular weight excluding hydrogens is 394 g/mol. The minimum atomic E-state index is -1.11. The van der Waals surface area contributed by atoms with Gasteiger partial charge in [0.05, 0.1) is 24.0 Å². The Hall–Kier alpha value is -3.06. The molecule has 0 unspecified atom stereocenters. The number of esters is 1. The summed E-state index contributed by atoms with van der Waals surface area (Å²) in [5.74, 6) is -0.133. The number of para-hydroxylation sites is 1. The molecule has 0 bridgehead atoms. The van der Waals surface area contributed by atoms with Gasteiger partial charge in [0.25, 0.3) is 5.91 Å². The second-order valence-electron chi connectivity index (χ2n) is 8.02. The number of anilines is 2. The van der Waals surface area contributed by atoms with E-state index in [-0.39, 0.29) is 5.91 Å². The fraction of sp³-hybridized carbons (Fsp3) is 0.417. The van der Waals surface area contributed by atoms with Gasteiger partial charge in [0.1, 0.15) is 5.75 Å². The van der Waals surface area contributed by atoms with E-state index in [0.717, 1.165) is 38.4 Å². The lowest BCUT2D eigenvalue weighted by atomic mass is 10.1. The molecule has 7 nitrogen and oxygen atoms in total. The van der Waals surface area contributed by atoms with Crippen LogP contribution in [-0.2, 0) is 9.53 Å². The molecule has 2 aromatic carbocycles. The number of ether oxygens (including phenoxy) is 2. The second-order valence-corrected chi connectivity index (χ2v) is 8.02. The standard InChI is InChI=1S/C24H31N3O4/c1-5-26-13-15-27(16-14-26)21-12-11-18(22(28)30-4)17-20(21)25-23(29)24(2,3)31-19-9-7-6-8-10-19/h6-12,17H,5,13-16H2,1-4H3,(H,25,29). The molecular formula is C24H31N3O4. The zero-order valence-corrected chi connectivity index (χ0v) is 18.7. The molecule has 0 aliphatic carbocycles. The molecule has 0 saturated carbocycles. The van der Waals surface area contributed by atoms with Crippen LogP contribution in [0.5, 0.6) is 5.75 Å². The van der Waals surface area contributed by atoms with Crippen molar-refractivity contribution in [2.45, 2.75) is 26.4 Å². The molecule has 1 saturated heterocycles. The van der Waals surface area contributed by atoms with Gasteiger partial charge in [-0.1, -0.05) is 25.1 Å². The summed E-state index contributed by atoms with van der Waals surface area (Å²) in [6.07, 6.45) is 0. The molecule has 1 heterocycles. The predicted molar refractivity (Wildman–Crippen MR) is 122 cm³/mol.